The molecule has 124 valence electrons. The van der Waals surface area contributed by atoms with Gasteiger partial charge < -0.3 is 20.3 Å². The predicted octanol–water partition coefficient (Wildman–Crippen LogP) is 1.62. The monoisotopic (exact) mass is 343 g/mol. The molecule has 2 N–H and O–H groups in total. The van der Waals surface area contributed by atoms with Gasteiger partial charge >= 0.3 is 12.0 Å². The van der Waals surface area contributed by atoms with Crippen molar-refractivity contribution in [3.8, 4) is 0 Å². The van der Waals surface area contributed by atoms with Gasteiger partial charge in [0.25, 0.3) is 0 Å². The van der Waals surface area contributed by atoms with Gasteiger partial charge in [-0.1, -0.05) is 11.6 Å². The van der Waals surface area contributed by atoms with E-state index in [4.69, 9.17) is 11.6 Å². The molecule has 1 aliphatic heterocycles. The highest BCUT2D eigenvalue weighted by atomic mass is 35.5. The van der Waals surface area contributed by atoms with Gasteiger partial charge in [0, 0.05) is 18.8 Å². The molecule has 0 spiro atoms. The third-order valence-electron chi connectivity index (χ3n) is 3.44. The Morgan fingerprint density at radius 2 is 2.17 bits per heavy atom. The maximum atomic E-state index is 13.8. The zero-order valence-corrected chi connectivity index (χ0v) is 13.2. The second kappa shape index (κ2) is 6.82. The Kier molecular flexibility index (Phi) is 5.05. The molecule has 1 fully saturated rings. The van der Waals surface area contributed by atoms with Gasteiger partial charge in [0.15, 0.2) is 5.82 Å². The number of nitrogens with one attached hydrogen (secondary N) is 2. The zero-order chi connectivity index (χ0) is 17.1. The standard InChI is InChI=1S/C14H15ClFN3O4/c1-7-12(20)17-3-4-19(7)14(22)18-8-5-9(13(21)23-2)11(16)10(15)6-8/h5-7H,3-4H2,1-2H3,(H,17,20)(H,18,22)/t7-/m1/s1. The van der Waals surface area contributed by atoms with E-state index >= 15 is 0 Å². The van der Waals surface area contributed by atoms with Crippen molar-refractivity contribution in [2.75, 3.05) is 25.5 Å². The molecule has 23 heavy (non-hydrogen) atoms. The lowest BCUT2D eigenvalue weighted by atomic mass is 10.2. The van der Waals surface area contributed by atoms with Crippen LogP contribution in [0.3, 0.4) is 0 Å². The smallest absolute Gasteiger partial charge is 0.340 e. The van der Waals surface area contributed by atoms with Crippen molar-refractivity contribution < 1.29 is 23.5 Å². The maximum Gasteiger partial charge on any atom is 0.340 e. The average Bonchev–Trinajstić information content (AvgIpc) is 2.52. The van der Waals surface area contributed by atoms with Gasteiger partial charge in [-0.05, 0) is 19.1 Å². The lowest BCUT2D eigenvalue weighted by Gasteiger charge is -2.32. The molecule has 9 heteroatoms. The lowest BCUT2D eigenvalue weighted by molar-refractivity contribution is -0.126. The molecular formula is C14H15ClFN3O4. The van der Waals surface area contributed by atoms with Gasteiger partial charge in [0.1, 0.15) is 6.04 Å². The summed E-state index contributed by atoms with van der Waals surface area (Å²) in [6.07, 6.45) is 0. The second-order valence-electron chi connectivity index (χ2n) is 4.90. The molecule has 1 saturated heterocycles. The summed E-state index contributed by atoms with van der Waals surface area (Å²) < 4.78 is 18.3. The summed E-state index contributed by atoms with van der Waals surface area (Å²) in [6.45, 7) is 2.26. The fraction of sp³-hybridized carbons (Fsp3) is 0.357. The largest absolute Gasteiger partial charge is 0.465 e. The molecule has 0 bridgehead atoms. The van der Waals surface area contributed by atoms with Crippen LogP contribution >= 0.6 is 11.6 Å². The first kappa shape index (κ1) is 17.0. The highest BCUT2D eigenvalue weighted by Gasteiger charge is 2.29. The van der Waals surface area contributed by atoms with Crippen LogP contribution in [0.2, 0.25) is 5.02 Å². The summed E-state index contributed by atoms with van der Waals surface area (Å²) in [6, 6.07) is 1.11. The third kappa shape index (κ3) is 3.53. The number of esters is 1. The number of piperazine rings is 1. The number of halogens is 2. The second-order valence-corrected chi connectivity index (χ2v) is 5.31. The number of amides is 3. The first-order valence-electron chi connectivity index (χ1n) is 6.78. The van der Waals surface area contributed by atoms with Gasteiger partial charge in [-0.15, -0.1) is 0 Å². The highest BCUT2D eigenvalue weighted by Crippen LogP contribution is 2.25. The number of methoxy groups -OCH3 is 1. The normalized spacial score (nSPS) is 17.5. The molecule has 0 saturated carbocycles. The van der Waals surface area contributed by atoms with E-state index in [1.54, 1.807) is 6.92 Å². The van der Waals surface area contributed by atoms with E-state index in [1.807, 2.05) is 0 Å². The fourth-order valence-electron chi connectivity index (χ4n) is 2.17. The Morgan fingerprint density at radius 1 is 1.48 bits per heavy atom. The molecule has 3 amide bonds. The molecule has 2 rings (SSSR count). The van der Waals surface area contributed by atoms with E-state index in [0.29, 0.717) is 13.1 Å². The van der Waals surface area contributed by atoms with E-state index in [-0.39, 0.29) is 22.2 Å². The van der Waals surface area contributed by atoms with E-state index < -0.39 is 23.9 Å². The number of anilines is 1. The van der Waals surface area contributed by atoms with Gasteiger partial charge in [-0.3, -0.25) is 4.79 Å². The molecule has 1 heterocycles. The van der Waals surface area contributed by atoms with Crippen molar-refractivity contribution in [1.29, 1.82) is 0 Å². The molecule has 0 aliphatic carbocycles. The Morgan fingerprint density at radius 3 is 2.83 bits per heavy atom. The minimum Gasteiger partial charge on any atom is -0.465 e. The number of hydrogen-bond acceptors (Lipinski definition) is 4. The van der Waals surface area contributed by atoms with Crippen LogP contribution in [0.15, 0.2) is 12.1 Å². The molecule has 1 aliphatic rings. The van der Waals surface area contributed by atoms with Crippen molar-refractivity contribution in [2.24, 2.45) is 0 Å². The quantitative estimate of drug-likeness (QED) is 0.799. The van der Waals surface area contributed by atoms with E-state index in [2.05, 4.69) is 15.4 Å². The summed E-state index contributed by atoms with van der Waals surface area (Å²) in [4.78, 5) is 36.7. The molecule has 0 aromatic heterocycles. The van der Waals surface area contributed by atoms with Crippen molar-refractivity contribution in [3.05, 3.63) is 28.5 Å². The van der Waals surface area contributed by atoms with Crippen LogP contribution in [-0.2, 0) is 9.53 Å². The van der Waals surface area contributed by atoms with Crippen LogP contribution < -0.4 is 10.6 Å². The minimum atomic E-state index is -0.928. The number of benzene rings is 1. The van der Waals surface area contributed by atoms with Crippen LogP contribution in [0.4, 0.5) is 14.9 Å². The van der Waals surface area contributed by atoms with E-state index in [9.17, 15) is 18.8 Å². The number of nitrogens with zero attached hydrogens (tertiary/aromatic N) is 1. The fourth-order valence-corrected chi connectivity index (χ4v) is 2.39. The van der Waals surface area contributed by atoms with Crippen molar-refractivity contribution in [2.45, 2.75) is 13.0 Å². The van der Waals surface area contributed by atoms with Gasteiger partial charge in [-0.25, -0.2) is 14.0 Å². The third-order valence-corrected chi connectivity index (χ3v) is 3.72. The zero-order valence-electron chi connectivity index (χ0n) is 12.5. The number of hydrogen-bond donors (Lipinski definition) is 2. The summed E-state index contributed by atoms with van der Waals surface area (Å²) in [5.74, 6) is -2.10. The summed E-state index contributed by atoms with van der Waals surface area (Å²) in [5, 5.41) is 4.81. The van der Waals surface area contributed by atoms with Crippen LogP contribution in [0.5, 0.6) is 0 Å². The van der Waals surface area contributed by atoms with Crippen molar-refractivity contribution >= 4 is 35.2 Å². The Labute approximate surface area is 136 Å². The summed E-state index contributed by atoms with van der Waals surface area (Å²) >= 11 is 5.73. The number of carbonyl (C=O) groups excluding carboxylic acids is 3. The Bertz CT molecular complexity index is 668. The summed E-state index contributed by atoms with van der Waals surface area (Å²) in [7, 11) is 1.11. The number of rotatable bonds is 2. The van der Waals surface area contributed by atoms with Crippen LogP contribution in [0, 0.1) is 5.82 Å². The molecule has 1 aromatic rings. The Hall–Kier alpha value is -2.35. The van der Waals surface area contributed by atoms with Gasteiger partial charge in [0.2, 0.25) is 5.91 Å². The van der Waals surface area contributed by atoms with Crippen LogP contribution in [0.1, 0.15) is 17.3 Å². The number of urea groups is 1. The van der Waals surface area contributed by atoms with E-state index in [0.717, 1.165) is 13.2 Å². The summed E-state index contributed by atoms with van der Waals surface area (Å²) in [5.41, 5.74) is -0.264. The molecule has 1 atom stereocenters. The van der Waals surface area contributed by atoms with Crippen LogP contribution in [0.25, 0.3) is 0 Å². The van der Waals surface area contributed by atoms with Crippen molar-refractivity contribution in [1.82, 2.24) is 10.2 Å². The van der Waals surface area contributed by atoms with Crippen molar-refractivity contribution in [3.63, 3.8) is 0 Å². The lowest BCUT2D eigenvalue weighted by Crippen LogP contribution is -2.56. The van der Waals surface area contributed by atoms with Gasteiger partial charge in [-0.2, -0.15) is 0 Å². The first-order valence-corrected chi connectivity index (χ1v) is 7.15. The topological polar surface area (TPSA) is 87.7 Å². The highest BCUT2D eigenvalue weighted by molar-refractivity contribution is 6.31. The predicted molar refractivity (Wildman–Crippen MR) is 80.9 cm³/mol. The number of carbonyl (C=O) groups is 3. The molecule has 0 radical (unpaired) electrons. The molecular weight excluding hydrogens is 329 g/mol. The first-order chi connectivity index (χ1) is 10.8. The number of ether oxygens (including phenoxy) is 1. The maximum absolute atomic E-state index is 13.8. The minimum absolute atomic E-state index is 0.125. The SMILES string of the molecule is COC(=O)c1cc(NC(=O)N2CCNC(=O)[C@H]2C)cc(Cl)c1F. The van der Waals surface area contributed by atoms with E-state index in [1.165, 1.54) is 11.0 Å². The molecule has 1 aromatic carbocycles. The van der Waals surface area contributed by atoms with Crippen LogP contribution in [-0.4, -0.2) is 49.0 Å². The Balaban J connectivity index is 2.22. The molecule has 7 nitrogen and oxygen atoms in total. The average molecular weight is 344 g/mol. The van der Waals surface area contributed by atoms with Gasteiger partial charge in [0.05, 0.1) is 17.7 Å². The molecule has 0 unspecified atom stereocenters.